The lowest BCUT2D eigenvalue weighted by Crippen LogP contribution is -2.27. The van der Waals surface area contributed by atoms with Gasteiger partial charge in [0.05, 0.1) is 6.54 Å². The maximum Gasteiger partial charge on any atom is 0.339 e. The number of aromatic carboxylic acids is 1. The minimum Gasteiger partial charge on any atom is -0.478 e. The molecule has 1 aromatic carbocycles. The molecule has 1 heterocycles. The minimum absolute atomic E-state index is 0.227. The number of nitrogens with one attached hydrogen (secondary N) is 1. The zero-order valence-electron chi connectivity index (χ0n) is 11.7. The van der Waals surface area contributed by atoms with Gasteiger partial charge in [-0.3, -0.25) is 0 Å². The van der Waals surface area contributed by atoms with Crippen molar-refractivity contribution < 1.29 is 19.1 Å². The normalized spacial score (nSPS) is 12.7. The van der Waals surface area contributed by atoms with E-state index in [1.54, 1.807) is 19.2 Å². The molecule has 0 saturated heterocycles. The number of furan rings is 1. The van der Waals surface area contributed by atoms with Crippen molar-refractivity contribution in [1.82, 2.24) is 5.32 Å². The van der Waals surface area contributed by atoms with Crippen molar-refractivity contribution in [3.8, 4) is 0 Å². The van der Waals surface area contributed by atoms with Gasteiger partial charge in [0.2, 0.25) is 0 Å². The van der Waals surface area contributed by atoms with Crippen molar-refractivity contribution in [2.24, 2.45) is 0 Å². The Morgan fingerprint density at radius 3 is 2.90 bits per heavy atom. The van der Waals surface area contributed by atoms with E-state index >= 15 is 0 Å². The molecule has 2 rings (SSSR count). The number of methoxy groups -OCH3 is 1. The van der Waals surface area contributed by atoms with Crippen LogP contribution in [0, 0.1) is 0 Å². The van der Waals surface area contributed by atoms with Gasteiger partial charge in [0.15, 0.2) is 0 Å². The van der Waals surface area contributed by atoms with Gasteiger partial charge in [-0.15, -0.1) is 0 Å². The molecule has 5 heteroatoms. The third-order valence-electron chi connectivity index (χ3n) is 3.25. The van der Waals surface area contributed by atoms with E-state index < -0.39 is 5.97 Å². The maximum absolute atomic E-state index is 11.4. The van der Waals surface area contributed by atoms with Crippen molar-refractivity contribution >= 4 is 16.9 Å². The number of hydrogen-bond acceptors (Lipinski definition) is 4. The van der Waals surface area contributed by atoms with E-state index in [1.807, 2.05) is 19.1 Å². The highest BCUT2D eigenvalue weighted by Crippen LogP contribution is 2.25. The summed E-state index contributed by atoms with van der Waals surface area (Å²) in [5, 5.41) is 13.2. The average Bonchev–Trinajstić information content (AvgIpc) is 2.81. The molecule has 5 nitrogen and oxygen atoms in total. The molecule has 0 spiro atoms. The molecule has 108 valence electrons. The van der Waals surface area contributed by atoms with Crippen LogP contribution in [0.3, 0.4) is 0 Å². The summed E-state index contributed by atoms with van der Waals surface area (Å²) in [6.45, 7) is 3.09. The van der Waals surface area contributed by atoms with E-state index in [1.165, 1.54) is 0 Å². The first-order valence-electron chi connectivity index (χ1n) is 6.59. The molecule has 0 aliphatic rings. The Bertz CT molecular complexity index is 591. The fraction of sp³-hybridized carbons (Fsp3) is 0.400. The molecular formula is C15H19NO4. The molecule has 0 aliphatic heterocycles. The largest absolute Gasteiger partial charge is 0.478 e. The number of ether oxygens (including phenoxy) is 1. The SMILES string of the molecule is COCCC(C)NCc1oc2ccccc2c1C(=O)O. The number of hydrogen-bond donors (Lipinski definition) is 2. The fourth-order valence-corrected chi connectivity index (χ4v) is 2.12. The lowest BCUT2D eigenvalue weighted by Gasteiger charge is -2.12. The molecule has 1 aromatic heterocycles. The highest BCUT2D eigenvalue weighted by molar-refractivity contribution is 6.03. The quantitative estimate of drug-likeness (QED) is 0.814. The van der Waals surface area contributed by atoms with Gasteiger partial charge in [0.1, 0.15) is 16.9 Å². The van der Waals surface area contributed by atoms with Crippen LogP contribution >= 0.6 is 0 Å². The number of carboxylic acid groups (broad SMARTS) is 1. The molecule has 20 heavy (non-hydrogen) atoms. The summed E-state index contributed by atoms with van der Waals surface area (Å²) < 4.78 is 10.7. The highest BCUT2D eigenvalue weighted by Gasteiger charge is 2.19. The van der Waals surface area contributed by atoms with Crippen LogP contribution in [0.15, 0.2) is 28.7 Å². The summed E-state index contributed by atoms with van der Waals surface area (Å²) in [7, 11) is 1.66. The van der Waals surface area contributed by atoms with Gasteiger partial charge in [-0.2, -0.15) is 0 Å². The Morgan fingerprint density at radius 2 is 2.20 bits per heavy atom. The van der Waals surface area contributed by atoms with E-state index in [2.05, 4.69) is 5.32 Å². The Balaban J connectivity index is 2.17. The third kappa shape index (κ3) is 3.18. The molecule has 1 unspecified atom stereocenters. The number of benzene rings is 1. The van der Waals surface area contributed by atoms with Crippen molar-refractivity contribution in [1.29, 1.82) is 0 Å². The van der Waals surface area contributed by atoms with Crippen LogP contribution in [-0.4, -0.2) is 30.8 Å². The first-order valence-corrected chi connectivity index (χ1v) is 6.59. The van der Waals surface area contributed by atoms with Crippen LogP contribution in [0.25, 0.3) is 11.0 Å². The van der Waals surface area contributed by atoms with Crippen molar-refractivity contribution in [3.63, 3.8) is 0 Å². The molecular weight excluding hydrogens is 258 g/mol. The maximum atomic E-state index is 11.4. The van der Waals surface area contributed by atoms with Crippen LogP contribution in [0.1, 0.15) is 29.5 Å². The second-order valence-corrected chi connectivity index (χ2v) is 4.76. The summed E-state index contributed by atoms with van der Waals surface area (Å²) >= 11 is 0. The monoisotopic (exact) mass is 277 g/mol. The predicted octanol–water partition coefficient (Wildman–Crippen LogP) is 2.65. The third-order valence-corrected chi connectivity index (χ3v) is 3.25. The molecule has 0 fully saturated rings. The summed E-state index contributed by atoms with van der Waals surface area (Å²) in [6.07, 6.45) is 0.860. The number of carboxylic acids is 1. The number of fused-ring (bicyclic) bond motifs is 1. The van der Waals surface area contributed by atoms with E-state index in [4.69, 9.17) is 9.15 Å². The second kappa shape index (κ2) is 6.54. The standard InChI is InChI=1S/C15H19NO4/c1-10(7-8-19-2)16-9-13-14(15(17)18)11-5-3-4-6-12(11)20-13/h3-6,10,16H,7-9H2,1-2H3,(H,17,18). The molecule has 0 aliphatic carbocycles. The van der Waals surface area contributed by atoms with E-state index in [-0.39, 0.29) is 11.6 Å². The molecule has 0 bridgehead atoms. The van der Waals surface area contributed by atoms with Crippen LogP contribution in [0.4, 0.5) is 0 Å². The molecule has 2 N–H and O–H groups in total. The van der Waals surface area contributed by atoms with Gasteiger partial charge in [0, 0.05) is 25.1 Å². The van der Waals surface area contributed by atoms with Gasteiger partial charge in [-0.25, -0.2) is 4.79 Å². The second-order valence-electron chi connectivity index (χ2n) is 4.76. The van der Waals surface area contributed by atoms with E-state index in [9.17, 15) is 9.90 Å². The zero-order chi connectivity index (χ0) is 14.5. The average molecular weight is 277 g/mol. The lowest BCUT2D eigenvalue weighted by molar-refractivity contribution is 0.0696. The Labute approximate surface area is 117 Å². The minimum atomic E-state index is -0.962. The lowest BCUT2D eigenvalue weighted by atomic mass is 10.1. The first kappa shape index (κ1) is 14.6. The molecule has 1 atom stereocenters. The van der Waals surface area contributed by atoms with E-state index in [0.717, 1.165) is 6.42 Å². The molecule has 0 amide bonds. The van der Waals surface area contributed by atoms with Crippen LogP contribution < -0.4 is 5.32 Å². The highest BCUT2D eigenvalue weighted by atomic mass is 16.5. The topological polar surface area (TPSA) is 71.7 Å². The fourth-order valence-electron chi connectivity index (χ4n) is 2.12. The number of rotatable bonds is 7. The van der Waals surface area contributed by atoms with Gasteiger partial charge in [-0.1, -0.05) is 18.2 Å². The molecule has 0 radical (unpaired) electrons. The predicted molar refractivity (Wildman–Crippen MR) is 76.0 cm³/mol. The summed E-state index contributed by atoms with van der Waals surface area (Å²) in [4.78, 5) is 11.4. The first-order chi connectivity index (χ1) is 9.63. The Morgan fingerprint density at radius 1 is 1.45 bits per heavy atom. The van der Waals surface area contributed by atoms with Crippen LogP contribution in [0.5, 0.6) is 0 Å². The van der Waals surface area contributed by atoms with Crippen LogP contribution in [0.2, 0.25) is 0 Å². The van der Waals surface area contributed by atoms with Gasteiger partial charge < -0.3 is 19.6 Å². The van der Waals surface area contributed by atoms with Crippen molar-refractivity contribution in [2.45, 2.75) is 25.9 Å². The molecule has 0 saturated carbocycles. The van der Waals surface area contributed by atoms with Gasteiger partial charge >= 0.3 is 5.97 Å². The summed E-state index contributed by atoms with van der Waals surface area (Å²) in [5.74, 6) is -0.501. The van der Waals surface area contributed by atoms with Gasteiger partial charge in [0.25, 0.3) is 0 Å². The van der Waals surface area contributed by atoms with Crippen molar-refractivity contribution in [2.75, 3.05) is 13.7 Å². The summed E-state index contributed by atoms with van der Waals surface area (Å²) in [6, 6.07) is 7.41. The number of para-hydroxylation sites is 1. The zero-order valence-corrected chi connectivity index (χ0v) is 11.7. The smallest absolute Gasteiger partial charge is 0.339 e. The molecule has 2 aromatic rings. The Hall–Kier alpha value is -1.85. The Kier molecular flexibility index (Phi) is 4.76. The summed E-state index contributed by atoms with van der Waals surface area (Å²) in [5.41, 5.74) is 0.846. The van der Waals surface area contributed by atoms with Crippen molar-refractivity contribution in [3.05, 3.63) is 35.6 Å². The van der Waals surface area contributed by atoms with Crippen LogP contribution in [-0.2, 0) is 11.3 Å². The van der Waals surface area contributed by atoms with Gasteiger partial charge in [-0.05, 0) is 19.4 Å². The van der Waals surface area contributed by atoms with E-state index in [0.29, 0.717) is 29.9 Å². The number of carbonyl (C=O) groups is 1.